The number of rotatable bonds is 6. The number of nitrogens with zero attached hydrogens (tertiary/aromatic N) is 2. The number of aromatic nitrogens is 1. The summed E-state index contributed by atoms with van der Waals surface area (Å²) in [5.41, 5.74) is 4.49. The highest BCUT2D eigenvalue weighted by Gasteiger charge is 2.09. The van der Waals surface area contributed by atoms with E-state index in [0.717, 1.165) is 25.1 Å². The molecule has 0 fully saturated rings. The number of benzene rings is 1. The number of nitriles is 1. The van der Waals surface area contributed by atoms with Crippen molar-refractivity contribution in [2.45, 2.75) is 39.8 Å². The molecule has 1 heterocycles. The molecule has 0 aliphatic carbocycles. The minimum atomic E-state index is 0.429. The van der Waals surface area contributed by atoms with Crippen LogP contribution in [0.2, 0.25) is 0 Å². The third-order valence-electron chi connectivity index (χ3n) is 3.86. The zero-order chi connectivity index (χ0) is 15.2. The molecule has 2 rings (SSSR count). The molecule has 110 valence electrons. The summed E-state index contributed by atoms with van der Waals surface area (Å²) >= 11 is 0. The van der Waals surface area contributed by atoms with Gasteiger partial charge in [-0.3, -0.25) is 0 Å². The van der Waals surface area contributed by atoms with Crippen LogP contribution in [0.1, 0.15) is 48.6 Å². The quantitative estimate of drug-likeness (QED) is 0.875. The first-order valence-electron chi connectivity index (χ1n) is 7.56. The SMILES string of the molecule is CCNC(CC)c1ccn(Cc2ccc(C#N)cc2C)c1. The zero-order valence-corrected chi connectivity index (χ0v) is 13.1. The van der Waals surface area contributed by atoms with Crippen molar-refractivity contribution in [3.05, 3.63) is 58.9 Å². The lowest BCUT2D eigenvalue weighted by Crippen LogP contribution is -2.19. The minimum absolute atomic E-state index is 0.429. The lowest BCUT2D eigenvalue weighted by Gasteiger charge is -2.14. The molecule has 1 aromatic carbocycles. The van der Waals surface area contributed by atoms with Crippen LogP contribution in [0.15, 0.2) is 36.7 Å². The van der Waals surface area contributed by atoms with Gasteiger partial charge in [-0.1, -0.05) is 19.9 Å². The van der Waals surface area contributed by atoms with Gasteiger partial charge in [0.2, 0.25) is 0 Å². The van der Waals surface area contributed by atoms with Crippen molar-refractivity contribution < 1.29 is 0 Å². The molecule has 0 saturated heterocycles. The molecule has 1 unspecified atom stereocenters. The Balaban J connectivity index is 2.14. The van der Waals surface area contributed by atoms with E-state index in [-0.39, 0.29) is 0 Å². The molecule has 0 amide bonds. The second-order valence-corrected chi connectivity index (χ2v) is 5.39. The van der Waals surface area contributed by atoms with Gasteiger partial charge in [0.1, 0.15) is 0 Å². The number of aryl methyl sites for hydroxylation is 1. The van der Waals surface area contributed by atoms with Gasteiger partial charge < -0.3 is 9.88 Å². The van der Waals surface area contributed by atoms with Gasteiger partial charge in [-0.15, -0.1) is 0 Å². The van der Waals surface area contributed by atoms with Crippen LogP contribution >= 0.6 is 0 Å². The fourth-order valence-electron chi connectivity index (χ4n) is 2.65. The van der Waals surface area contributed by atoms with Gasteiger partial charge >= 0.3 is 0 Å². The monoisotopic (exact) mass is 281 g/mol. The number of nitrogens with one attached hydrogen (secondary N) is 1. The Morgan fingerprint density at radius 2 is 2.10 bits per heavy atom. The van der Waals surface area contributed by atoms with E-state index >= 15 is 0 Å². The zero-order valence-electron chi connectivity index (χ0n) is 13.1. The van der Waals surface area contributed by atoms with Gasteiger partial charge in [-0.2, -0.15) is 5.26 Å². The molecule has 0 bridgehead atoms. The molecule has 0 aliphatic rings. The number of hydrogen-bond acceptors (Lipinski definition) is 2. The van der Waals surface area contributed by atoms with E-state index in [1.807, 2.05) is 12.1 Å². The average Bonchev–Trinajstić information content (AvgIpc) is 2.95. The van der Waals surface area contributed by atoms with E-state index < -0.39 is 0 Å². The number of hydrogen-bond donors (Lipinski definition) is 1. The van der Waals surface area contributed by atoms with E-state index in [0.29, 0.717) is 6.04 Å². The molecule has 0 radical (unpaired) electrons. The maximum atomic E-state index is 8.92. The summed E-state index contributed by atoms with van der Waals surface area (Å²) in [7, 11) is 0. The highest BCUT2D eigenvalue weighted by Crippen LogP contribution is 2.18. The Hall–Kier alpha value is -2.05. The van der Waals surface area contributed by atoms with E-state index in [2.05, 4.69) is 61.3 Å². The topological polar surface area (TPSA) is 40.8 Å². The summed E-state index contributed by atoms with van der Waals surface area (Å²) in [5, 5.41) is 12.4. The average molecular weight is 281 g/mol. The highest BCUT2D eigenvalue weighted by atomic mass is 15.0. The largest absolute Gasteiger partial charge is 0.350 e. The molecule has 0 saturated carbocycles. The molecule has 1 aromatic heterocycles. The lowest BCUT2D eigenvalue weighted by molar-refractivity contribution is 0.536. The molecule has 1 N–H and O–H groups in total. The Morgan fingerprint density at radius 3 is 2.71 bits per heavy atom. The third kappa shape index (κ3) is 3.74. The first-order chi connectivity index (χ1) is 10.2. The van der Waals surface area contributed by atoms with E-state index in [1.165, 1.54) is 16.7 Å². The smallest absolute Gasteiger partial charge is 0.0991 e. The van der Waals surface area contributed by atoms with Crippen molar-refractivity contribution in [1.29, 1.82) is 5.26 Å². The summed E-state index contributed by atoms with van der Waals surface area (Å²) in [6, 6.07) is 10.7. The van der Waals surface area contributed by atoms with Gasteiger partial charge in [0, 0.05) is 25.0 Å². The summed E-state index contributed by atoms with van der Waals surface area (Å²) < 4.78 is 2.21. The van der Waals surface area contributed by atoms with Crippen LogP contribution in [0.5, 0.6) is 0 Å². The van der Waals surface area contributed by atoms with E-state index in [4.69, 9.17) is 5.26 Å². The molecule has 0 aliphatic heterocycles. The maximum Gasteiger partial charge on any atom is 0.0991 e. The molecule has 1 atom stereocenters. The highest BCUT2D eigenvalue weighted by molar-refractivity contribution is 5.37. The van der Waals surface area contributed by atoms with Crippen molar-refractivity contribution >= 4 is 0 Å². The van der Waals surface area contributed by atoms with Gasteiger partial charge in [0.05, 0.1) is 11.6 Å². The van der Waals surface area contributed by atoms with Crippen LogP contribution in [-0.2, 0) is 6.54 Å². The summed E-state index contributed by atoms with van der Waals surface area (Å²) in [6.45, 7) is 8.24. The molecule has 3 nitrogen and oxygen atoms in total. The van der Waals surface area contributed by atoms with Crippen LogP contribution in [-0.4, -0.2) is 11.1 Å². The van der Waals surface area contributed by atoms with E-state index in [1.54, 1.807) is 0 Å². The van der Waals surface area contributed by atoms with Crippen LogP contribution in [0.4, 0.5) is 0 Å². The molecular weight excluding hydrogens is 258 g/mol. The Morgan fingerprint density at radius 1 is 1.29 bits per heavy atom. The predicted molar refractivity (Wildman–Crippen MR) is 86.1 cm³/mol. The van der Waals surface area contributed by atoms with Gasteiger partial charge in [0.15, 0.2) is 0 Å². The fourth-order valence-corrected chi connectivity index (χ4v) is 2.65. The first kappa shape index (κ1) is 15.3. The van der Waals surface area contributed by atoms with Crippen LogP contribution in [0.3, 0.4) is 0 Å². The summed E-state index contributed by atoms with van der Waals surface area (Å²) in [5.74, 6) is 0. The second-order valence-electron chi connectivity index (χ2n) is 5.39. The first-order valence-corrected chi connectivity index (χ1v) is 7.56. The summed E-state index contributed by atoms with van der Waals surface area (Å²) in [4.78, 5) is 0. The second kappa shape index (κ2) is 7.10. The third-order valence-corrected chi connectivity index (χ3v) is 3.86. The standard InChI is InChI=1S/C18H23N3/c1-4-18(20-5-2)17-8-9-21(13-17)12-16-7-6-15(11-19)10-14(16)3/h6-10,13,18,20H,4-5,12H2,1-3H3. The molecule has 0 spiro atoms. The lowest BCUT2D eigenvalue weighted by atomic mass is 10.1. The predicted octanol–water partition coefficient (Wildman–Crippen LogP) is 3.78. The van der Waals surface area contributed by atoms with Crippen molar-refractivity contribution in [2.24, 2.45) is 0 Å². The van der Waals surface area contributed by atoms with Crippen LogP contribution in [0.25, 0.3) is 0 Å². The van der Waals surface area contributed by atoms with Crippen molar-refractivity contribution in [1.82, 2.24) is 9.88 Å². The normalized spacial score (nSPS) is 12.1. The van der Waals surface area contributed by atoms with Crippen LogP contribution in [0, 0.1) is 18.3 Å². The fraction of sp³-hybridized carbons (Fsp3) is 0.389. The van der Waals surface area contributed by atoms with E-state index in [9.17, 15) is 0 Å². The van der Waals surface area contributed by atoms with Gasteiger partial charge in [-0.05, 0) is 54.8 Å². The minimum Gasteiger partial charge on any atom is -0.350 e. The Bertz CT molecular complexity index is 634. The van der Waals surface area contributed by atoms with Crippen molar-refractivity contribution in [3.8, 4) is 6.07 Å². The molecule has 21 heavy (non-hydrogen) atoms. The summed E-state index contributed by atoms with van der Waals surface area (Å²) in [6.07, 6.45) is 5.44. The van der Waals surface area contributed by atoms with Gasteiger partial charge in [-0.25, -0.2) is 0 Å². The van der Waals surface area contributed by atoms with Crippen molar-refractivity contribution in [2.75, 3.05) is 6.54 Å². The van der Waals surface area contributed by atoms with Gasteiger partial charge in [0.25, 0.3) is 0 Å². The Labute approximate surface area is 127 Å². The maximum absolute atomic E-state index is 8.92. The molecular formula is C18H23N3. The van der Waals surface area contributed by atoms with Crippen LogP contribution < -0.4 is 5.32 Å². The Kier molecular flexibility index (Phi) is 5.19. The van der Waals surface area contributed by atoms with Crippen molar-refractivity contribution in [3.63, 3.8) is 0 Å². The molecule has 2 aromatic rings. The molecule has 3 heteroatoms.